The largest absolute Gasteiger partial charge is 0.471 e. The minimum absolute atomic E-state index is 0.0122. The average molecular weight is 499 g/mol. The van der Waals surface area contributed by atoms with E-state index < -0.39 is 36.3 Å². The van der Waals surface area contributed by atoms with E-state index in [4.69, 9.17) is 9.47 Å². The van der Waals surface area contributed by atoms with Gasteiger partial charge in [0, 0.05) is 30.9 Å². The van der Waals surface area contributed by atoms with Crippen LogP contribution < -0.4 is 16.0 Å². The van der Waals surface area contributed by atoms with Gasteiger partial charge in [-0.3, -0.25) is 9.78 Å². The lowest BCUT2D eigenvalue weighted by Gasteiger charge is -2.20. The smallest absolute Gasteiger partial charge is 0.325 e. The highest BCUT2D eigenvalue weighted by Crippen LogP contribution is 2.29. The van der Waals surface area contributed by atoms with Crippen LogP contribution in [0.3, 0.4) is 0 Å². The number of pyridine rings is 1. The second kappa shape index (κ2) is 10.2. The summed E-state index contributed by atoms with van der Waals surface area (Å²) in [7, 11) is 3.18. The predicted molar refractivity (Wildman–Crippen MR) is 116 cm³/mol. The zero-order valence-electron chi connectivity index (χ0n) is 17.7. The molecule has 2 N–H and O–H groups in total. The third-order valence-electron chi connectivity index (χ3n) is 4.35. The first-order valence-electron chi connectivity index (χ1n) is 9.61. The summed E-state index contributed by atoms with van der Waals surface area (Å²) in [6.45, 7) is 1.20. The van der Waals surface area contributed by atoms with E-state index in [2.05, 4.69) is 29.0 Å². The van der Waals surface area contributed by atoms with E-state index in [1.54, 1.807) is 0 Å². The van der Waals surface area contributed by atoms with E-state index in [-0.39, 0.29) is 39.4 Å². The molecule has 34 heavy (non-hydrogen) atoms. The quantitative estimate of drug-likeness (QED) is 0.343. The lowest BCUT2D eigenvalue weighted by Crippen LogP contribution is -2.23. The van der Waals surface area contributed by atoms with Gasteiger partial charge in [-0.1, -0.05) is 8.86 Å². The standard InChI is InChI=1S/C20H18F4N5O4P/c1-9-11(6-13(29-28-9)12-7-26-19(31)27-17(12)30)18(34)33-15(16(21)22)10-3-4-25-14(5-10)32-8-20(2,23)24/h3-7,15-16,34H,8H2,1-2H3,(H2,26,27,30,31). The first-order valence-corrected chi connectivity index (χ1v) is 10.1. The molecule has 3 rings (SSSR count). The van der Waals surface area contributed by atoms with Gasteiger partial charge < -0.3 is 14.5 Å². The van der Waals surface area contributed by atoms with E-state index in [0.717, 1.165) is 18.5 Å². The number of rotatable bonds is 9. The Morgan fingerprint density at radius 3 is 2.62 bits per heavy atom. The molecule has 0 fully saturated rings. The van der Waals surface area contributed by atoms with Crippen molar-refractivity contribution in [1.82, 2.24) is 25.1 Å². The molecular weight excluding hydrogens is 481 g/mol. The molecule has 1 unspecified atom stereocenters. The summed E-state index contributed by atoms with van der Waals surface area (Å²) < 4.78 is 64.1. The van der Waals surface area contributed by atoms with E-state index in [1.165, 1.54) is 19.1 Å². The Kier molecular flexibility index (Phi) is 7.57. The highest BCUT2D eigenvalue weighted by atomic mass is 31.0. The molecule has 3 aromatic rings. The highest BCUT2D eigenvalue weighted by molar-refractivity contribution is 7.21. The van der Waals surface area contributed by atoms with Crippen LogP contribution in [-0.4, -0.2) is 49.6 Å². The van der Waals surface area contributed by atoms with Crippen molar-refractivity contribution in [3.05, 3.63) is 68.3 Å². The van der Waals surface area contributed by atoms with Gasteiger partial charge in [0.15, 0.2) is 12.7 Å². The normalized spacial score (nSPS) is 12.6. The number of hydrogen-bond acceptors (Lipinski definition) is 7. The number of aryl methyl sites for hydroxylation is 1. The summed E-state index contributed by atoms with van der Waals surface area (Å²) >= 11 is 0. The molecule has 0 bridgehead atoms. The van der Waals surface area contributed by atoms with Crippen LogP contribution in [0.2, 0.25) is 0 Å². The first-order chi connectivity index (χ1) is 15.9. The highest BCUT2D eigenvalue weighted by Gasteiger charge is 2.28. The number of aromatic amines is 2. The van der Waals surface area contributed by atoms with Crippen LogP contribution in [0.5, 0.6) is 5.88 Å². The molecule has 0 aliphatic rings. The van der Waals surface area contributed by atoms with Crippen molar-refractivity contribution in [2.45, 2.75) is 32.3 Å². The predicted octanol–water partition coefficient (Wildman–Crippen LogP) is 2.90. The fourth-order valence-corrected chi connectivity index (χ4v) is 3.13. The molecular formula is C20H18F4N5O4P. The number of hydrogen-bond donors (Lipinski definition) is 2. The van der Waals surface area contributed by atoms with Crippen molar-refractivity contribution >= 4 is 14.3 Å². The Hall–Kier alpha value is -3.44. The van der Waals surface area contributed by atoms with Crippen LogP contribution in [0.4, 0.5) is 17.6 Å². The number of nitrogens with zero attached hydrogens (tertiary/aromatic N) is 3. The number of halogens is 4. The maximum absolute atomic E-state index is 13.9. The molecule has 1 atom stereocenters. The molecule has 0 aliphatic heterocycles. The molecule has 0 saturated heterocycles. The fourth-order valence-electron chi connectivity index (χ4n) is 2.75. The molecule has 0 aliphatic carbocycles. The minimum Gasteiger partial charge on any atom is -0.471 e. The van der Waals surface area contributed by atoms with Crippen LogP contribution >= 0.6 is 8.86 Å². The summed E-state index contributed by atoms with van der Waals surface area (Å²) in [5, 5.41) is 7.80. The molecule has 0 saturated carbocycles. The Morgan fingerprint density at radius 1 is 1.24 bits per heavy atom. The molecule has 14 heteroatoms. The van der Waals surface area contributed by atoms with Crippen LogP contribution in [0, 0.1) is 6.92 Å². The second-order valence-electron chi connectivity index (χ2n) is 7.20. The van der Waals surface area contributed by atoms with Gasteiger partial charge in [0.2, 0.25) is 5.88 Å². The lowest BCUT2D eigenvalue weighted by molar-refractivity contribution is -0.0246. The van der Waals surface area contributed by atoms with Crippen LogP contribution in [0.25, 0.3) is 11.3 Å². The zero-order valence-corrected chi connectivity index (χ0v) is 18.7. The third kappa shape index (κ3) is 6.33. The molecule has 3 heterocycles. The van der Waals surface area contributed by atoms with Gasteiger partial charge in [-0.25, -0.2) is 27.3 Å². The Labute approximate surface area is 191 Å². The number of ether oxygens (including phenoxy) is 2. The minimum atomic E-state index is -3.14. The monoisotopic (exact) mass is 499 g/mol. The van der Waals surface area contributed by atoms with Gasteiger partial charge in [0.25, 0.3) is 17.9 Å². The SMILES string of the molecule is Cc1nnc(-c2c[nH]c(=O)[nH]c2=O)cc1C(=P)OC(c1ccnc(OCC(C)(F)F)c1)C(F)F. The summed E-state index contributed by atoms with van der Waals surface area (Å²) in [5.41, 5.74) is -1.15. The average Bonchev–Trinajstić information content (AvgIpc) is 2.76. The van der Waals surface area contributed by atoms with Crippen molar-refractivity contribution in [2.75, 3.05) is 6.61 Å². The third-order valence-corrected chi connectivity index (χ3v) is 4.74. The Balaban J connectivity index is 1.88. The Morgan fingerprint density at radius 2 is 1.97 bits per heavy atom. The van der Waals surface area contributed by atoms with Crippen LogP contribution in [-0.2, 0) is 4.74 Å². The second-order valence-corrected chi connectivity index (χ2v) is 7.66. The first kappa shape index (κ1) is 25.2. The van der Waals surface area contributed by atoms with Crippen LogP contribution in [0.1, 0.15) is 29.8 Å². The van der Waals surface area contributed by atoms with Crippen molar-refractivity contribution < 1.29 is 27.0 Å². The van der Waals surface area contributed by atoms with Gasteiger partial charge >= 0.3 is 5.69 Å². The topological polar surface area (TPSA) is 123 Å². The van der Waals surface area contributed by atoms with Crippen molar-refractivity contribution in [3.63, 3.8) is 0 Å². The lowest BCUT2D eigenvalue weighted by atomic mass is 10.1. The maximum Gasteiger partial charge on any atom is 0.325 e. The van der Waals surface area contributed by atoms with Crippen molar-refractivity contribution in [2.24, 2.45) is 0 Å². The van der Waals surface area contributed by atoms with Gasteiger partial charge in [-0.15, -0.1) is 5.10 Å². The molecule has 0 radical (unpaired) electrons. The van der Waals surface area contributed by atoms with Crippen molar-refractivity contribution in [3.8, 4) is 17.1 Å². The Bertz CT molecular complexity index is 1310. The molecule has 0 aromatic carbocycles. The van der Waals surface area contributed by atoms with E-state index in [9.17, 15) is 27.2 Å². The zero-order chi connectivity index (χ0) is 25.0. The van der Waals surface area contributed by atoms with E-state index in [1.807, 2.05) is 4.98 Å². The number of H-pyrrole nitrogens is 2. The van der Waals surface area contributed by atoms with Gasteiger partial charge in [-0.2, -0.15) is 5.10 Å². The molecule has 0 spiro atoms. The van der Waals surface area contributed by atoms with Crippen molar-refractivity contribution in [1.29, 1.82) is 0 Å². The molecule has 9 nitrogen and oxygen atoms in total. The molecule has 180 valence electrons. The number of nitrogens with one attached hydrogen (secondary N) is 2. The summed E-state index contributed by atoms with van der Waals surface area (Å²) in [4.78, 5) is 31.4. The molecule has 3 aromatic heterocycles. The van der Waals surface area contributed by atoms with Gasteiger partial charge in [-0.05, 0) is 24.6 Å². The number of alkyl halides is 4. The van der Waals surface area contributed by atoms with E-state index >= 15 is 0 Å². The van der Waals surface area contributed by atoms with Gasteiger partial charge in [0.1, 0.15) is 11.2 Å². The van der Waals surface area contributed by atoms with Crippen LogP contribution in [0.15, 0.2) is 40.2 Å². The maximum atomic E-state index is 13.9. The van der Waals surface area contributed by atoms with Gasteiger partial charge in [0.05, 0.1) is 11.3 Å². The summed E-state index contributed by atoms with van der Waals surface area (Å²) in [5.74, 6) is -3.41. The number of aromatic nitrogens is 5. The van der Waals surface area contributed by atoms with E-state index in [0.29, 0.717) is 6.92 Å². The fraction of sp³-hybridized carbons (Fsp3) is 0.300. The molecule has 0 amide bonds. The summed E-state index contributed by atoms with van der Waals surface area (Å²) in [6, 6.07) is 3.67. The summed E-state index contributed by atoms with van der Waals surface area (Å²) in [6.07, 6.45) is -2.58.